The first kappa shape index (κ1) is 16.9. The van der Waals surface area contributed by atoms with Crippen molar-refractivity contribution in [2.45, 2.75) is 6.54 Å². The molecule has 0 saturated carbocycles. The molecule has 6 N–H and O–H groups in total. The largest absolute Gasteiger partial charge is 0.398 e. The molecule has 0 spiro atoms. The lowest BCUT2D eigenvalue weighted by Gasteiger charge is -2.15. The van der Waals surface area contributed by atoms with Gasteiger partial charge in [0, 0.05) is 17.8 Å². The molecule has 0 aromatic heterocycles. The number of rotatable bonds is 4. The molecule has 0 atom stereocenters. The summed E-state index contributed by atoms with van der Waals surface area (Å²) in [6, 6.07) is 8.82. The maximum absolute atomic E-state index is 12.7. The summed E-state index contributed by atoms with van der Waals surface area (Å²) < 4.78 is 0. The van der Waals surface area contributed by atoms with Crippen LogP contribution in [-0.2, 0) is 11.3 Å². The van der Waals surface area contributed by atoms with Crippen LogP contribution in [0.5, 0.6) is 0 Å². The van der Waals surface area contributed by atoms with E-state index in [1.165, 1.54) is 4.90 Å². The number of nitrogens with two attached hydrogens (primary N) is 3. The van der Waals surface area contributed by atoms with Gasteiger partial charge in [-0.2, -0.15) is 0 Å². The predicted octanol–water partition coefficient (Wildman–Crippen LogP) is 2.17. The first-order valence-corrected chi connectivity index (χ1v) is 7.91. The number of fused-ring (bicyclic) bond motifs is 1. The molecule has 0 fully saturated rings. The summed E-state index contributed by atoms with van der Waals surface area (Å²) in [6.45, 7) is 3.98. The molecule has 25 heavy (non-hydrogen) atoms. The van der Waals surface area contributed by atoms with E-state index in [0.717, 1.165) is 16.7 Å². The molecule has 6 nitrogen and oxygen atoms in total. The van der Waals surface area contributed by atoms with Crippen molar-refractivity contribution in [3.63, 3.8) is 0 Å². The molecule has 2 aromatic carbocycles. The van der Waals surface area contributed by atoms with Crippen LogP contribution in [0.25, 0.3) is 11.1 Å². The fourth-order valence-electron chi connectivity index (χ4n) is 2.90. The number of anilines is 2. The summed E-state index contributed by atoms with van der Waals surface area (Å²) in [7, 11) is 0. The Morgan fingerprint density at radius 2 is 1.88 bits per heavy atom. The van der Waals surface area contributed by atoms with Crippen LogP contribution < -0.4 is 17.2 Å². The van der Waals surface area contributed by atoms with Gasteiger partial charge < -0.3 is 22.1 Å². The maximum Gasteiger partial charge on any atom is 0.256 e. The van der Waals surface area contributed by atoms with E-state index in [9.17, 15) is 9.59 Å². The normalized spacial score (nSPS) is 13.0. The Hall–Kier alpha value is -2.99. The van der Waals surface area contributed by atoms with Gasteiger partial charge in [0.15, 0.2) is 0 Å². The quantitative estimate of drug-likeness (QED) is 0.575. The second-order valence-electron chi connectivity index (χ2n) is 5.92. The van der Waals surface area contributed by atoms with E-state index < -0.39 is 5.91 Å². The second kappa shape index (κ2) is 6.14. The fraction of sp³-hybridized carbons (Fsp3) is 0.111. The summed E-state index contributed by atoms with van der Waals surface area (Å²) in [6.07, 6.45) is 0. The van der Waals surface area contributed by atoms with Gasteiger partial charge in [-0.05, 0) is 34.9 Å². The first-order chi connectivity index (χ1) is 11.8. The molecule has 0 saturated heterocycles. The number of benzene rings is 2. The van der Waals surface area contributed by atoms with Crippen LogP contribution in [0, 0.1) is 0 Å². The maximum atomic E-state index is 12.7. The van der Waals surface area contributed by atoms with Crippen LogP contribution in [0.2, 0.25) is 5.02 Å². The molecule has 1 heterocycles. The first-order valence-electron chi connectivity index (χ1n) is 7.53. The van der Waals surface area contributed by atoms with Crippen molar-refractivity contribution >= 4 is 34.8 Å². The molecule has 1 aliphatic rings. The van der Waals surface area contributed by atoms with E-state index in [2.05, 4.69) is 6.58 Å². The van der Waals surface area contributed by atoms with Crippen LogP contribution in [0.3, 0.4) is 0 Å². The van der Waals surface area contributed by atoms with Gasteiger partial charge in [0.2, 0.25) is 5.91 Å². The topological polar surface area (TPSA) is 115 Å². The number of halogens is 1. The third kappa shape index (κ3) is 2.92. The summed E-state index contributed by atoms with van der Waals surface area (Å²) in [4.78, 5) is 25.4. The minimum Gasteiger partial charge on any atom is -0.398 e. The Balaban J connectivity index is 2.05. The Labute approximate surface area is 149 Å². The average Bonchev–Trinajstić information content (AvgIpc) is 2.88. The highest BCUT2D eigenvalue weighted by atomic mass is 35.5. The van der Waals surface area contributed by atoms with Crippen LogP contribution in [-0.4, -0.2) is 23.3 Å². The van der Waals surface area contributed by atoms with Gasteiger partial charge in [-0.3, -0.25) is 9.59 Å². The van der Waals surface area contributed by atoms with Crippen LogP contribution >= 0.6 is 11.6 Å². The number of carbonyl (C=O) groups is 2. The van der Waals surface area contributed by atoms with Crippen molar-refractivity contribution in [1.29, 1.82) is 0 Å². The lowest BCUT2D eigenvalue weighted by molar-refractivity contribution is -0.114. The summed E-state index contributed by atoms with van der Waals surface area (Å²) in [5, 5.41) is 0.436. The van der Waals surface area contributed by atoms with Gasteiger partial charge in [0.1, 0.15) is 0 Å². The molecule has 0 bridgehead atoms. The standard InChI is InChI=1S/C18H17ClN4O2/c1-9(17(22)24)7-23-8-12-11(3-5-15(21)16(12)18(23)25)10-2-4-14(20)13(19)6-10/h2-6H,1,7-8,20-21H2,(H2,22,24). The van der Waals surface area contributed by atoms with E-state index in [1.54, 1.807) is 18.2 Å². The average molecular weight is 357 g/mol. The Morgan fingerprint density at radius 3 is 2.52 bits per heavy atom. The number of hydrogen-bond donors (Lipinski definition) is 3. The highest BCUT2D eigenvalue weighted by molar-refractivity contribution is 6.33. The van der Waals surface area contributed by atoms with Crippen molar-refractivity contribution < 1.29 is 9.59 Å². The van der Waals surface area contributed by atoms with Gasteiger partial charge in [-0.1, -0.05) is 30.3 Å². The molecular weight excluding hydrogens is 340 g/mol. The molecule has 0 unspecified atom stereocenters. The molecule has 3 rings (SSSR count). The van der Waals surface area contributed by atoms with Crippen LogP contribution in [0.1, 0.15) is 15.9 Å². The predicted molar refractivity (Wildman–Crippen MR) is 98.8 cm³/mol. The minimum atomic E-state index is -0.637. The van der Waals surface area contributed by atoms with E-state index in [1.807, 2.05) is 12.1 Å². The van der Waals surface area contributed by atoms with Crippen molar-refractivity contribution in [1.82, 2.24) is 4.90 Å². The summed E-state index contributed by atoms with van der Waals surface area (Å²) in [5.74, 6) is -0.888. The van der Waals surface area contributed by atoms with Crippen LogP contribution in [0.15, 0.2) is 42.5 Å². The highest BCUT2D eigenvalue weighted by Gasteiger charge is 2.32. The molecule has 128 valence electrons. The van der Waals surface area contributed by atoms with Crippen LogP contribution in [0.4, 0.5) is 11.4 Å². The number of nitrogens with zero attached hydrogens (tertiary/aromatic N) is 1. The van der Waals surface area contributed by atoms with Crippen molar-refractivity contribution in [2.75, 3.05) is 18.0 Å². The number of carbonyl (C=O) groups excluding carboxylic acids is 2. The lowest BCUT2D eigenvalue weighted by atomic mass is 9.95. The zero-order valence-electron chi connectivity index (χ0n) is 13.4. The number of primary amides is 1. The second-order valence-corrected chi connectivity index (χ2v) is 6.33. The smallest absolute Gasteiger partial charge is 0.256 e. The Bertz CT molecular complexity index is 924. The number of hydrogen-bond acceptors (Lipinski definition) is 4. The summed E-state index contributed by atoms with van der Waals surface area (Å²) >= 11 is 6.12. The van der Waals surface area contributed by atoms with Crippen molar-refractivity contribution in [3.05, 3.63) is 58.6 Å². The van der Waals surface area contributed by atoms with Gasteiger partial charge in [-0.15, -0.1) is 0 Å². The number of nitrogen functional groups attached to an aromatic ring is 2. The van der Waals surface area contributed by atoms with Gasteiger partial charge >= 0.3 is 0 Å². The highest BCUT2D eigenvalue weighted by Crippen LogP contribution is 2.37. The SMILES string of the molecule is C=C(CN1Cc2c(-c3ccc(N)c(Cl)c3)ccc(N)c2C1=O)C(N)=O. The Kier molecular flexibility index (Phi) is 4.14. The lowest BCUT2D eigenvalue weighted by Crippen LogP contribution is -2.30. The van der Waals surface area contributed by atoms with Gasteiger partial charge in [0.05, 0.1) is 22.8 Å². The molecular formula is C18H17ClN4O2. The molecule has 2 aromatic rings. The molecule has 2 amide bonds. The number of amides is 2. The van der Waals surface area contributed by atoms with Gasteiger partial charge in [-0.25, -0.2) is 0 Å². The van der Waals surface area contributed by atoms with E-state index in [-0.39, 0.29) is 18.0 Å². The van der Waals surface area contributed by atoms with E-state index in [0.29, 0.717) is 28.5 Å². The fourth-order valence-corrected chi connectivity index (χ4v) is 3.09. The zero-order chi connectivity index (χ0) is 18.3. The third-order valence-corrected chi connectivity index (χ3v) is 4.56. The zero-order valence-corrected chi connectivity index (χ0v) is 14.1. The molecule has 7 heteroatoms. The third-order valence-electron chi connectivity index (χ3n) is 4.24. The monoisotopic (exact) mass is 356 g/mol. The molecule has 0 aliphatic carbocycles. The molecule has 1 aliphatic heterocycles. The van der Waals surface area contributed by atoms with Gasteiger partial charge in [0.25, 0.3) is 5.91 Å². The minimum absolute atomic E-state index is 0.0597. The van der Waals surface area contributed by atoms with Crippen molar-refractivity contribution in [3.8, 4) is 11.1 Å². The molecule has 0 radical (unpaired) electrons. The van der Waals surface area contributed by atoms with Crippen molar-refractivity contribution in [2.24, 2.45) is 5.73 Å². The van der Waals surface area contributed by atoms with E-state index >= 15 is 0 Å². The summed E-state index contributed by atoms with van der Waals surface area (Å²) in [5.41, 5.74) is 20.9. The van der Waals surface area contributed by atoms with E-state index in [4.69, 9.17) is 28.8 Å². The Morgan fingerprint density at radius 1 is 1.20 bits per heavy atom.